The van der Waals surface area contributed by atoms with Crippen LogP contribution in [0.25, 0.3) is 11.2 Å². The Kier molecular flexibility index (Phi) is 5.44. The Morgan fingerprint density at radius 3 is 1.88 bits per heavy atom. The molecule has 2 aromatic heterocycles. The lowest BCUT2D eigenvalue weighted by atomic mass is 9.48. The number of hydrogen-bond donors (Lipinski definition) is 0. The second-order valence-corrected chi connectivity index (χ2v) is 11.7. The zero-order valence-electron chi connectivity index (χ0n) is 20.0. The molecule has 0 aliphatic heterocycles. The normalized spacial score (nSPS) is 28.6. The highest BCUT2D eigenvalue weighted by Gasteiger charge is 2.53. The number of para-hydroxylation sites is 1. The Morgan fingerprint density at radius 2 is 1.34 bits per heavy atom. The first kappa shape index (κ1) is 22.0. The van der Waals surface area contributed by atoms with E-state index in [9.17, 15) is 0 Å². The van der Waals surface area contributed by atoms with Crippen LogP contribution in [0.4, 0.5) is 0 Å². The molecule has 2 nitrogen and oxygen atoms in total. The van der Waals surface area contributed by atoms with Crippen molar-refractivity contribution in [2.45, 2.75) is 83.5 Å². The zero-order chi connectivity index (χ0) is 21.3. The number of imidazole rings is 1. The summed E-state index contributed by atoms with van der Waals surface area (Å²) >= 11 is 0. The third-order valence-corrected chi connectivity index (χ3v) is 8.75. The fourth-order valence-corrected chi connectivity index (χ4v) is 7.86. The third kappa shape index (κ3) is 3.33. The summed E-state index contributed by atoms with van der Waals surface area (Å²) in [6.45, 7) is 9.28. The van der Waals surface area contributed by atoms with Gasteiger partial charge in [0.15, 0.2) is 5.52 Å². The summed E-state index contributed by atoms with van der Waals surface area (Å²) < 4.78 is 4.98. The first-order chi connectivity index (χ1) is 14.9. The standard InChI is InChI=1S/C29H37N2.ClH/c1-19(2)25-8-6-9-26(20(3)4)28(25)30-17-24-7-5-10-27(31(24)18-30)29-14-21-11-22(15-29)13-23(12-21)16-29;/h5-10,17-23H,11-16H2,1-4H3;1H/q+1;/p-1. The lowest BCUT2D eigenvalue weighted by molar-refractivity contribution is -0.595. The van der Waals surface area contributed by atoms with Crippen molar-refractivity contribution in [2.24, 2.45) is 17.8 Å². The number of hydrogen-bond acceptors (Lipinski definition) is 0. The van der Waals surface area contributed by atoms with Gasteiger partial charge < -0.3 is 12.4 Å². The van der Waals surface area contributed by atoms with E-state index in [1.165, 1.54) is 60.9 Å². The van der Waals surface area contributed by atoms with Crippen LogP contribution in [0.1, 0.15) is 94.9 Å². The van der Waals surface area contributed by atoms with E-state index in [-0.39, 0.29) is 12.4 Å². The van der Waals surface area contributed by atoms with Crippen molar-refractivity contribution in [3.05, 3.63) is 65.7 Å². The SMILES string of the molecule is CC(C)c1cccc(C(C)C)c1-[n+]1cc2cccc(C34CC5CC(CC(C5)C3)C4)n2c1.[Cl-]. The van der Waals surface area contributed by atoms with E-state index in [4.69, 9.17) is 0 Å². The van der Waals surface area contributed by atoms with E-state index in [1.807, 2.05) is 0 Å². The number of nitrogens with zero attached hydrogens (tertiary/aromatic N) is 2. The molecule has 4 fully saturated rings. The van der Waals surface area contributed by atoms with Crippen molar-refractivity contribution >= 4 is 5.52 Å². The first-order valence-corrected chi connectivity index (χ1v) is 12.6. The molecular formula is C29H37ClN2. The van der Waals surface area contributed by atoms with Crippen LogP contribution in [0, 0.1) is 17.8 Å². The summed E-state index contributed by atoms with van der Waals surface area (Å²) in [6, 6.07) is 13.9. The maximum Gasteiger partial charge on any atom is 0.254 e. The second kappa shape index (κ2) is 7.90. The van der Waals surface area contributed by atoms with Crippen LogP contribution < -0.4 is 17.0 Å². The van der Waals surface area contributed by atoms with Crippen LogP contribution in [0.3, 0.4) is 0 Å². The van der Waals surface area contributed by atoms with Crippen LogP contribution in [0.2, 0.25) is 0 Å². The molecule has 4 bridgehead atoms. The van der Waals surface area contributed by atoms with E-state index in [1.54, 1.807) is 5.69 Å². The molecular weight excluding hydrogens is 412 g/mol. The maximum absolute atomic E-state index is 2.55. The third-order valence-electron chi connectivity index (χ3n) is 8.75. The molecule has 0 unspecified atom stereocenters. The van der Waals surface area contributed by atoms with Gasteiger partial charge in [0.1, 0.15) is 17.6 Å². The highest BCUT2D eigenvalue weighted by molar-refractivity contribution is 5.49. The monoisotopic (exact) mass is 448 g/mol. The molecule has 3 aromatic rings. The lowest BCUT2D eigenvalue weighted by Crippen LogP contribution is -3.00. The van der Waals surface area contributed by atoms with Crippen LogP contribution in [-0.2, 0) is 5.41 Å². The number of halogens is 1. The number of fused-ring (bicyclic) bond motifs is 1. The van der Waals surface area contributed by atoms with Crippen LogP contribution in [0.15, 0.2) is 48.9 Å². The summed E-state index contributed by atoms with van der Waals surface area (Å²) in [5.41, 5.74) is 7.61. The van der Waals surface area contributed by atoms with Crippen molar-refractivity contribution in [1.82, 2.24) is 4.40 Å². The molecule has 4 saturated carbocycles. The average molecular weight is 449 g/mol. The molecule has 2 heterocycles. The molecule has 4 aliphatic carbocycles. The fraction of sp³-hybridized carbons (Fsp3) is 0.552. The van der Waals surface area contributed by atoms with Gasteiger partial charge in [0, 0.05) is 16.5 Å². The zero-order valence-corrected chi connectivity index (χ0v) is 20.8. The predicted octanol–water partition coefficient (Wildman–Crippen LogP) is 3.93. The minimum atomic E-state index is 0. The molecule has 0 atom stereocenters. The van der Waals surface area contributed by atoms with E-state index in [0.717, 1.165) is 17.8 Å². The van der Waals surface area contributed by atoms with Gasteiger partial charge in [-0.1, -0.05) is 52.0 Å². The van der Waals surface area contributed by atoms with Gasteiger partial charge in [-0.2, -0.15) is 4.40 Å². The van der Waals surface area contributed by atoms with Gasteiger partial charge >= 0.3 is 0 Å². The van der Waals surface area contributed by atoms with Crippen LogP contribution >= 0.6 is 0 Å². The quantitative estimate of drug-likeness (QED) is 0.534. The Balaban J connectivity index is 0.00000216. The molecule has 32 heavy (non-hydrogen) atoms. The lowest BCUT2D eigenvalue weighted by Gasteiger charge is -2.56. The van der Waals surface area contributed by atoms with E-state index >= 15 is 0 Å². The van der Waals surface area contributed by atoms with Gasteiger partial charge in [-0.3, -0.25) is 0 Å². The van der Waals surface area contributed by atoms with Crippen molar-refractivity contribution in [3.63, 3.8) is 0 Å². The summed E-state index contributed by atoms with van der Waals surface area (Å²) in [5.74, 6) is 3.92. The minimum absolute atomic E-state index is 0. The Hall–Kier alpha value is -1.80. The van der Waals surface area contributed by atoms with Crippen LogP contribution in [0.5, 0.6) is 0 Å². The van der Waals surface area contributed by atoms with E-state index in [2.05, 4.69) is 85.6 Å². The topological polar surface area (TPSA) is 8.29 Å². The Morgan fingerprint density at radius 1 is 0.812 bits per heavy atom. The largest absolute Gasteiger partial charge is 1.00 e. The van der Waals surface area contributed by atoms with Gasteiger partial charge in [-0.05, 0) is 80.2 Å². The second-order valence-electron chi connectivity index (χ2n) is 11.7. The van der Waals surface area contributed by atoms with Crippen molar-refractivity contribution < 1.29 is 17.0 Å². The molecule has 3 heteroatoms. The molecule has 0 amide bonds. The van der Waals surface area contributed by atoms with Gasteiger partial charge in [0.2, 0.25) is 0 Å². The molecule has 7 rings (SSSR count). The minimum Gasteiger partial charge on any atom is -1.00 e. The summed E-state index contributed by atoms with van der Waals surface area (Å²) in [7, 11) is 0. The maximum atomic E-state index is 2.55. The Bertz CT molecular complexity index is 1080. The van der Waals surface area contributed by atoms with Crippen molar-refractivity contribution in [2.75, 3.05) is 0 Å². The number of aromatic nitrogens is 2. The fourth-order valence-electron chi connectivity index (χ4n) is 7.86. The highest BCUT2D eigenvalue weighted by Crippen LogP contribution is 2.60. The van der Waals surface area contributed by atoms with Gasteiger partial charge in [0.25, 0.3) is 6.33 Å². The van der Waals surface area contributed by atoms with E-state index < -0.39 is 0 Å². The smallest absolute Gasteiger partial charge is 0.254 e. The number of pyridine rings is 1. The molecule has 1 aromatic carbocycles. The molecule has 0 N–H and O–H groups in total. The number of benzene rings is 1. The average Bonchev–Trinajstić information content (AvgIpc) is 3.16. The van der Waals surface area contributed by atoms with Gasteiger partial charge in [-0.25, -0.2) is 4.57 Å². The van der Waals surface area contributed by atoms with Crippen molar-refractivity contribution in [1.29, 1.82) is 0 Å². The summed E-state index contributed by atoms with van der Waals surface area (Å²) in [6.07, 6.45) is 13.5. The van der Waals surface area contributed by atoms with E-state index in [0.29, 0.717) is 17.3 Å². The van der Waals surface area contributed by atoms with Gasteiger partial charge in [-0.15, -0.1) is 0 Å². The van der Waals surface area contributed by atoms with Crippen molar-refractivity contribution in [3.8, 4) is 5.69 Å². The van der Waals surface area contributed by atoms with Crippen LogP contribution in [-0.4, -0.2) is 4.40 Å². The first-order valence-electron chi connectivity index (χ1n) is 12.6. The molecule has 4 aliphatic rings. The molecule has 170 valence electrons. The number of rotatable bonds is 4. The predicted molar refractivity (Wildman–Crippen MR) is 127 cm³/mol. The van der Waals surface area contributed by atoms with Gasteiger partial charge in [0.05, 0.1) is 0 Å². The summed E-state index contributed by atoms with van der Waals surface area (Å²) in [4.78, 5) is 0. The highest BCUT2D eigenvalue weighted by atomic mass is 35.5. The molecule has 0 radical (unpaired) electrons. The molecule has 0 saturated heterocycles. The molecule has 0 spiro atoms. The summed E-state index contributed by atoms with van der Waals surface area (Å²) in [5, 5.41) is 0. The Labute approximate surface area is 199 Å².